The van der Waals surface area contributed by atoms with Crippen molar-refractivity contribution >= 4 is 41.1 Å². The predicted octanol–water partition coefficient (Wildman–Crippen LogP) is 5.66. The Morgan fingerprint density at radius 3 is 2.44 bits per heavy atom. The molecule has 9 nitrogen and oxygen atoms in total. The molecule has 5 rings (SSSR count). The first-order chi connectivity index (χ1) is 21.7. The van der Waals surface area contributed by atoms with Crippen molar-refractivity contribution in [1.82, 2.24) is 9.80 Å². The van der Waals surface area contributed by atoms with Gasteiger partial charge in [0.2, 0.25) is 5.91 Å². The normalized spacial score (nSPS) is 17.9. The number of benzene rings is 3. The summed E-state index contributed by atoms with van der Waals surface area (Å²) >= 11 is 0. The third kappa shape index (κ3) is 7.67. The molecule has 0 spiro atoms. The second kappa shape index (κ2) is 14.3. The van der Waals surface area contributed by atoms with E-state index in [1.165, 1.54) is 0 Å². The minimum Gasteiger partial charge on any atom is -0.481 e. The lowest BCUT2D eigenvalue weighted by Gasteiger charge is -2.22. The maximum absolute atomic E-state index is 13.4. The van der Waals surface area contributed by atoms with Gasteiger partial charge in [-0.1, -0.05) is 62.4 Å². The van der Waals surface area contributed by atoms with Crippen LogP contribution in [-0.4, -0.2) is 64.7 Å². The first-order valence-corrected chi connectivity index (χ1v) is 15.6. The maximum Gasteiger partial charge on any atom is 0.308 e. The van der Waals surface area contributed by atoms with Crippen LogP contribution in [0.3, 0.4) is 0 Å². The topological polar surface area (TPSA) is 128 Å². The van der Waals surface area contributed by atoms with Gasteiger partial charge in [-0.3, -0.25) is 19.3 Å². The Hall–Kier alpha value is -4.76. The molecule has 1 fully saturated rings. The summed E-state index contributed by atoms with van der Waals surface area (Å²) in [7, 11) is 0. The van der Waals surface area contributed by atoms with Gasteiger partial charge < -0.3 is 21.1 Å². The van der Waals surface area contributed by atoms with Crippen molar-refractivity contribution < 1.29 is 19.5 Å². The molecular weight excluding hydrogens is 566 g/mol. The van der Waals surface area contributed by atoms with Gasteiger partial charge in [-0.15, -0.1) is 0 Å². The number of carbonyl (C=O) groups is 3. The van der Waals surface area contributed by atoms with Gasteiger partial charge in [-0.2, -0.15) is 0 Å². The van der Waals surface area contributed by atoms with Crippen LogP contribution < -0.4 is 11.1 Å². The summed E-state index contributed by atoms with van der Waals surface area (Å²) in [4.78, 5) is 47.4. The molecule has 234 valence electrons. The number of aliphatic carboxylic acids is 1. The Morgan fingerprint density at radius 2 is 1.73 bits per heavy atom. The fraction of sp³-hybridized carbons (Fsp3) is 0.333. The number of nitrogens with zero attached hydrogens (tertiary/aromatic N) is 3. The number of nitrogens with one attached hydrogen (secondary N) is 1. The third-order valence-corrected chi connectivity index (χ3v) is 8.34. The monoisotopic (exact) mass is 607 g/mol. The van der Waals surface area contributed by atoms with Crippen LogP contribution in [0.25, 0.3) is 6.08 Å². The van der Waals surface area contributed by atoms with Gasteiger partial charge in [0.1, 0.15) is 5.84 Å². The molecule has 0 saturated carbocycles. The second-order valence-electron chi connectivity index (χ2n) is 11.8. The van der Waals surface area contributed by atoms with E-state index in [1.54, 1.807) is 24.3 Å². The van der Waals surface area contributed by atoms with Crippen LogP contribution in [0.15, 0.2) is 83.4 Å². The van der Waals surface area contributed by atoms with Crippen LogP contribution in [0, 0.1) is 5.92 Å². The number of rotatable bonds is 11. The number of carbonyl (C=O) groups excluding carboxylic acids is 2. The lowest BCUT2D eigenvalue weighted by molar-refractivity contribution is -0.141. The number of anilines is 1. The molecule has 4 N–H and O–H groups in total. The molecular formula is C36H41N5O4. The average molecular weight is 608 g/mol. The highest BCUT2D eigenvalue weighted by atomic mass is 16.4. The fourth-order valence-corrected chi connectivity index (χ4v) is 6.22. The highest BCUT2D eigenvalue weighted by Gasteiger charge is 2.38. The second-order valence-corrected chi connectivity index (χ2v) is 11.8. The molecule has 2 amide bonds. The molecule has 0 aliphatic carbocycles. The van der Waals surface area contributed by atoms with Gasteiger partial charge in [0.05, 0.1) is 11.6 Å². The van der Waals surface area contributed by atoms with E-state index < -0.39 is 11.9 Å². The molecule has 0 aromatic heterocycles. The maximum atomic E-state index is 13.4. The minimum atomic E-state index is -0.822. The number of hydrogen-bond acceptors (Lipinski definition) is 6. The van der Waals surface area contributed by atoms with Crippen molar-refractivity contribution in [1.29, 1.82) is 0 Å². The predicted molar refractivity (Wildman–Crippen MR) is 177 cm³/mol. The molecule has 0 unspecified atom stereocenters. The number of likely N-dealkylation sites (tertiary alicyclic amines) is 1. The van der Waals surface area contributed by atoms with Crippen LogP contribution >= 0.6 is 0 Å². The van der Waals surface area contributed by atoms with Gasteiger partial charge in [0.15, 0.2) is 0 Å². The van der Waals surface area contributed by atoms with E-state index in [1.807, 2.05) is 73.4 Å². The molecule has 1 saturated heterocycles. The van der Waals surface area contributed by atoms with Crippen LogP contribution in [0.5, 0.6) is 0 Å². The molecule has 2 heterocycles. The van der Waals surface area contributed by atoms with Crippen molar-refractivity contribution in [2.24, 2.45) is 16.6 Å². The smallest absolute Gasteiger partial charge is 0.308 e. The highest BCUT2D eigenvalue weighted by molar-refractivity contribution is 6.08. The van der Waals surface area contributed by atoms with Crippen molar-refractivity contribution in [3.63, 3.8) is 0 Å². The standard InChI is InChI=1S/C36H41N5O4/c1-3-15-41(16-4-2)35(43)28-17-26-13-14-27(19-32(26)39-33(37)20-28)34(42)38-29-12-8-11-25(18-29)30-22-40(23-31(30)36(44)45)21-24-9-6-5-7-10-24/h5-14,17-19,30-31H,3-4,15-16,20-23H2,1-2H3,(H2,37,39)(H,38,42)(H,44,45)/t30-,31+/m1/s1. The molecule has 0 radical (unpaired) electrons. The van der Waals surface area contributed by atoms with Gasteiger partial charge in [-0.05, 0) is 54.3 Å². The van der Waals surface area contributed by atoms with E-state index in [4.69, 9.17) is 5.73 Å². The molecule has 2 aliphatic heterocycles. The van der Waals surface area contributed by atoms with E-state index in [-0.39, 0.29) is 24.2 Å². The first-order valence-electron chi connectivity index (χ1n) is 15.6. The van der Waals surface area contributed by atoms with E-state index >= 15 is 0 Å². The molecule has 3 aromatic rings. The van der Waals surface area contributed by atoms with Crippen LogP contribution in [-0.2, 0) is 16.1 Å². The summed E-state index contributed by atoms with van der Waals surface area (Å²) in [6.45, 7) is 7.21. The molecule has 9 heteroatoms. The molecule has 3 aromatic carbocycles. The van der Waals surface area contributed by atoms with Crippen LogP contribution in [0.1, 0.15) is 66.1 Å². The number of carboxylic acid groups (broad SMARTS) is 1. The molecule has 2 atom stereocenters. The molecule has 2 aliphatic rings. The largest absolute Gasteiger partial charge is 0.481 e. The quantitative estimate of drug-likeness (QED) is 0.258. The Balaban J connectivity index is 1.32. The van der Waals surface area contributed by atoms with Crippen molar-refractivity contribution in [3.8, 4) is 0 Å². The van der Waals surface area contributed by atoms with Crippen molar-refractivity contribution in [3.05, 3.63) is 101 Å². The number of hydrogen-bond donors (Lipinski definition) is 3. The Bertz CT molecular complexity index is 1610. The number of nitrogens with two attached hydrogens (primary N) is 1. The lowest BCUT2D eigenvalue weighted by Crippen LogP contribution is -2.34. The van der Waals surface area contributed by atoms with Crippen molar-refractivity contribution in [2.75, 3.05) is 31.5 Å². The van der Waals surface area contributed by atoms with E-state index in [2.05, 4.69) is 15.2 Å². The SMILES string of the molecule is CCCN(CCC)C(=O)C1=Cc2ccc(C(=O)Nc3cccc([C@H]4CN(Cc5ccccc5)C[C@@H]4C(=O)O)c3)cc2N=C(N)C1. The molecule has 45 heavy (non-hydrogen) atoms. The summed E-state index contributed by atoms with van der Waals surface area (Å²) in [6.07, 6.45) is 3.81. The summed E-state index contributed by atoms with van der Waals surface area (Å²) in [5.41, 5.74) is 11.1. The van der Waals surface area contributed by atoms with Gasteiger partial charge in [0.25, 0.3) is 5.91 Å². The summed E-state index contributed by atoms with van der Waals surface area (Å²) < 4.78 is 0. The Morgan fingerprint density at radius 1 is 0.978 bits per heavy atom. The minimum absolute atomic E-state index is 0.0398. The summed E-state index contributed by atoms with van der Waals surface area (Å²) in [5, 5.41) is 13.0. The highest BCUT2D eigenvalue weighted by Crippen LogP contribution is 2.35. The van der Waals surface area contributed by atoms with Gasteiger partial charge in [-0.25, -0.2) is 4.99 Å². The van der Waals surface area contributed by atoms with Gasteiger partial charge >= 0.3 is 5.97 Å². The Labute approximate surface area is 264 Å². The average Bonchev–Trinajstić information content (AvgIpc) is 3.37. The van der Waals surface area contributed by atoms with Crippen LogP contribution in [0.4, 0.5) is 11.4 Å². The Kier molecular flexibility index (Phi) is 10.1. The molecule has 0 bridgehead atoms. The zero-order chi connectivity index (χ0) is 31.9. The zero-order valence-electron chi connectivity index (χ0n) is 25.9. The number of carboxylic acids is 1. The number of fused-ring (bicyclic) bond motifs is 1. The van der Waals surface area contributed by atoms with E-state index in [9.17, 15) is 19.5 Å². The number of aliphatic imine (C=N–C) groups is 1. The van der Waals surface area contributed by atoms with E-state index in [0.717, 1.165) is 29.5 Å². The van der Waals surface area contributed by atoms with Crippen molar-refractivity contribution in [2.45, 2.75) is 45.6 Å². The number of amides is 2. The van der Waals surface area contributed by atoms with Crippen LogP contribution in [0.2, 0.25) is 0 Å². The zero-order valence-corrected chi connectivity index (χ0v) is 25.9. The van der Waals surface area contributed by atoms with Gasteiger partial charge in [0, 0.05) is 67.4 Å². The lowest BCUT2D eigenvalue weighted by atomic mass is 9.89. The summed E-state index contributed by atoms with van der Waals surface area (Å²) in [5.74, 6) is -1.62. The first kappa shape index (κ1) is 31.7. The number of amidine groups is 1. The third-order valence-electron chi connectivity index (χ3n) is 8.34. The fourth-order valence-electron chi connectivity index (χ4n) is 6.22. The summed E-state index contributed by atoms with van der Waals surface area (Å²) in [6, 6.07) is 22.6. The van der Waals surface area contributed by atoms with E-state index in [0.29, 0.717) is 61.1 Å².